The molecule has 1 aromatic carbocycles. The number of nitrogens with one attached hydrogen (secondary N) is 2. The van der Waals surface area contributed by atoms with Gasteiger partial charge >= 0.3 is 0 Å². The summed E-state index contributed by atoms with van der Waals surface area (Å²) in [5.74, 6) is -1.65. The highest BCUT2D eigenvalue weighted by atomic mass is 32.2. The molecule has 5 rings (SSSR count). The third-order valence-corrected chi connectivity index (χ3v) is 7.89. The fourth-order valence-electron chi connectivity index (χ4n) is 4.55. The zero-order valence-electron chi connectivity index (χ0n) is 19.6. The number of rotatable bonds is 3. The number of aromatic nitrogens is 2. The molecular formula is C24H24FN5O5S. The van der Waals surface area contributed by atoms with Gasteiger partial charge in [0.15, 0.2) is 11.4 Å². The first-order valence-electron chi connectivity index (χ1n) is 11.3. The van der Waals surface area contributed by atoms with Gasteiger partial charge in [-0.05, 0) is 42.8 Å². The van der Waals surface area contributed by atoms with E-state index in [1.165, 1.54) is 35.2 Å². The molecule has 10 nitrogen and oxygen atoms in total. The fraction of sp³-hybridized carbons (Fsp3) is 0.292. The molecule has 0 aliphatic carbocycles. The van der Waals surface area contributed by atoms with E-state index in [9.17, 15) is 22.4 Å². The number of hydrogen-bond donors (Lipinski definition) is 2. The smallest absolute Gasteiger partial charge is 0.276 e. The van der Waals surface area contributed by atoms with Gasteiger partial charge in [0.05, 0.1) is 12.2 Å². The Bertz CT molecular complexity index is 1460. The number of fused-ring (bicyclic) bond motifs is 2. The van der Waals surface area contributed by atoms with Crippen molar-refractivity contribution in [3.8, 4) is 5.75 Å². The first-order chi connectivity index (χ1) is 17.1. The van der Waals surface area contributed by atoms with E-state index in [4.69, 9.17) is 4.74 Å². The van der Waals surface area contributed by atoms with Gasteiger partial charge in [0, 0.05) is 56.4 Å². The topological polar surface area (TPSA) is 123 Å². The Labute approximate surface area is 207 Å². The molecule has 0 radical (unpaired) electrons. The van der Waals surface area contributed by atoms with Gasteiger partial charge in [-0.15, -0.1) is 0 Å². The quantitative estimate of drug-likeness (QED) is 0.552. The summed E-state index contributed by atoms with van der Waals surface area (Å²) in [7, 11) is -2.52. The van der Waals surface area contributed by atoms with Crippen LogP contribution in [0.25, 0.3) is 0 Å². The predicted molar refractivity (Wildman–Crippen MR) is 128 cm³/mol. The van der Waals surface area contributed by atoms with Gasteiger partial charge in [-0.1, -0.05) is 0 Å². The van der Waals surface area contributed by atoms with Crippen molar-refractivity contribution in [1.29, 1.82) is 0 Å². The van der Waals surface area contributed by atoms with Gasteiger partial charge in [-0.25, -0.2) is 17.5 Å². The Kier molecular flexibility index (Phi) is 6.00. The first-order valence-corrected chi connectivity index (χ1v) is 12.7. The minimum Gasteiger partial charge on any atom is -0.489 e. The van der Waals surface area contributed by atoms with Gasteiger partial charge in [0.2, 0.25) is 10.0 Å². The van der Waals surface area contributed by atoms with E-state index in [2.05, 4.69) is 15.0 Å². The molecule has 3 aromatic rings. The largest absolute Gasteiger partial charge is 0.489 e. The van der Waals surface area contributed by atoms with Crippen LogP contribution in [0, 0.1) is 18.7 Å². The van der Waals surface area contributed by atoms with Crippen LogP contribution in [0.4, 0.5) is 10.1 Å². The Morgan fingerprint density at radius 1 is 1.25 bits per heavy atom. The third kappa shape index (κ3) is 4.33. The van der Waals surface area contributed by atoms with Gasteiger partial charge in [0.1, 0.15) is 10.7 Å². The molecule has 36 heavy (non-hydrogen) atoms. The number of hydrogen-bond acceptors (Lipinski definition) is 6. The van der Waals surface area contributed by atoms with Crippen molar-refractivity contribution >= 4 is 27.5 Å². The van der Waals surface area contributed by atoms with Crippen molar-refractivity contribution in [2.45, 2.75) is 17.9 Å². The standard InChI is InChI=1S/C24H24FN5O5S/c1-14-8-17(5-6-18(14)25)27-23(31)21-22-20(12-29(21)2)36(33,34)28-19-11-30(10-16(19)13-35-22)24(32)15-4-3-7-26-9-15/h3-9,12,16,19,28H,10-11,13H2,1-2H3,(H,27,31)/t16-,19-/m1/s1. The highest BCUT2D eigenvalue weighted by molar-refractivity contribution is 7.89. The van der Waals surface area contributed by atoms with E-state index in [0.29, 0.717) is 16.8 Å². The summed E-state index contributed by atoms with van der Waals surface area (Å²) in [6.45, 7) is 2.13. The normalized spacial score (nSPS) is 20.5. The first kappa shape index (κ1) is 23.9. The number of nitrogens with zero attached hydrogens (tertiary/aromatic N) is 3. The van der Waals surface area contributed by atoms with Gasteiger partial charge in [0.25, 0.3) is 11.8 Å². The maximum Gasteiger partial charge on any atom is 0.276 e. The molecule has 0 spiro atoms. The van der Waals surface area contributed by atoms with Crippen LogP contribution in [0.15, 0.2) is 53.8 Å². The summed E-state index contributed by atoms with van der Waals surface area (Å²) < 4.78 is 50.2. The second kappa shape index (κ2) is 9.03. The number of anilines is 1. The number of aryl methyl sites for hydroxylation is 2. The lowest BCUT2D eigenvalue weighted by Crippen LogP contribution is -2.43. The summed E-state index contributed by atoms with van der Waals surface area (Å²) in [6.07, 6.45) is 4.35. The van der Waals surface area contributed by atoms with Crippen LogP contribution in [0.5, 0.6) is 5.75 Å². The summed E-state index contributed by atoms with van der Waals surface area (Å²) in [5, 5.41) is 2.67. The molecule has 0 saturated carbocycles. The van der Waals surface area contributed by atoms with E-state index in [-0.39, 0.29) is 47.9 Å². The lowest BCUT2D eigenvalue weighted by molar-refractivity contribution is 0.0781. The van der Waals surface area contributed by atoms with E-state index in [1.54, 1.807) is 37.2 Å². The fourth-order valence-corrected chi connectivity index (χ4v) is 6.04. The maximum atomic E-state index is 13.6. The summed E-state index contributed by atoms with van der Waals surface area (Å²) in [6, 6.07) is 6.90. The molecule has 2 aliphatic rings. The minimum atomic E-state index is -4.07. The Balaban J connectivity index is 1.41. The monoisotopic (exact) mass is 513 g/mol. The molecule has 188 valence electrons. The summed E-state index contributed by atoms with van der Waals surface area (Å²) in [5.41, 5.74) is 1.14. The van der Waals surface area contributed by atoms with E-state index < -0.39 is 27.8 Å². The Morgan fingerprint density at radius 3 is 2.78 bits per heavy atom. The van der Waals surface area contributed by atoms with Crippen LogP contribution in [-0.2, 0) is 17.1 Å². The lowest BCUT2D eigenvalue weighted by Gasteiger charge is -2.23. The Morgan fingerprint density at radius 2 is 2.06 bits per heavy atom. The number of halogens is 1. The van der Waals surface area contributed by atoms with E-state index >= 15 is 0 Å². The van der Waals surface area contributed by atoms with Crippen LogP contribution in [0.3, 0.4) is 0 Å². The van der Waals surface area contributed by atoms with Crippen molar-refractivity contribution in [3.05, 3.63) is 71.6 Å². The van der Waals surface area contributed by atoms with Crippen LogP contribution >= 0.6 is 0 Å². The zero-order valence-corrected chi connectivity index (χ0v) is 20.4. The molecule has 0 bridgehead atoms. The number of carbonyl (C=O) groups excluding carboxylic acids is 2. The average molecular weight is 514 g/mol. The average Bonchev–Trinajstić information content (AvgIpc) is 3.39. The second-order valence-electron chi connectivity index (χ2n) is 8.95. The minimum absolute atomic E-state index is 0.0112. The lowest BCUT2D eigenvalue weighted by atomic mass is 10.1. The Hall–Kier alpha value is -3.77. The number of sulfonamides is 1. The van der Waals surface area contributed by atoms with Crippen molar-refractivity contribution in [3.63, 3.8) is 0 Å². The SMILES string of the molecule is Cc1cc(NC(=O)c2c3c(cn2C)S(=O)(=O)N[C@@H]2CN(C(=O)c4cccnc4)C[C@@H]2CO3)ccc1F. The van der Waals surface area contributed by atoms with E-state index in [0.717, 1.165) is 0 Å². The molecule has 1 fully saturated rings. The number of likely N-dealkylation sites (tertiary alicyclic amines) is 1. The summed E-state index contributed by atoms with van der Waals surface area (Å²) in [4.78, 5) is 31.4. The molecule has 12 heteroatoms. The van der Waals surface area contributed by atoms with Gasteiger partial charge < -0.3 is 19.5 Å². The highest BCUT2D eigenvalue weighted by Gasteiger charge is 2.42. The van der Waals surface area contributed by atoms with Gasteiger partial charge in [-0.2, -0.15) is 0 Å². The van der Waals surface area contributed by atoms with Crippen LogP contribution in [0.2, 0.25) is 0 Å². The van der Waals surface area contributed by atoms with Crippen molar-refractivity contribution in [1.82, 2.24) is 19.2 Å². The number of benzene rings is 1. The van der Waals surface area contributed by atoms with E-state index in [1.807, 2.05) is 0 Å². The van der Waals surface area contributed by atoms with Gasteiger partial charge in [-0.3, -0.25) is 14.6 Å². The molecule has 1 saturated heterocycles. The third-order valence-electron chi connectivity index (χ3n) is 6.41. The number of pyridine rings is 1. The molecule has 4 heterocycles. The van der Waals surface area contributed by atoms with Crippen LogP contribution in [0.1, 0.15) is 26.4 Å². The molecule has 2 aromatic heterocycles. The number of ether oxygens (including phenoxy) is 1. The predicted octanol–water partition coefficient (Wildman–Crippen LogP) is 1.93. The molecule has 2 atom stereocenters. The second-order valence-corrected chi connectivity index (χ2v) is 10.6. The zero-order chi connectivity index (χ0) is 25.6. The number of amides is 2. The van der Waals surface area contributed by atoms with Crippen LogP contribution < -0.4 is 14.8 Å². The maximum absolute atomic E-state index is 13.6. The molecule has 0 unspecified atom stereocenters. The highest BCUT2D eigenvalue weighted by Crippen LogP contribution is 2.35. The molecule has 2 aliphatic heterocycles. The molecular weight excluding hydrogens is 489 g/mol. The molecule has 2 amide bonds. The van der Waals surface area contributed by atoms with Crippen molar-refractivity contribution < 1.29 is 27.1 Å². The van der Waals surface area contributed by atoms with Crippen LogP contribution in [-0.4, -0.2) is 60.4 Å². The molecule has 2 N–H and O–H groups in total. The van der Waals surface area contributed by atoms with Crippen molar-refractivity contribution in [2.24, 2.45) is 13.0 Å². The number of carbonyl (C=O) groups is 2. The van der Waals surface area contributed by atoms with Crippen molar-refractivity contribution in [2.75, 3.05) is 25.0 Å². The summed E-state index contributed by atoms with van der Waals surface area (Å²) >= 11 is 0.